The van der Waals surface area contributed by atoms with Gasteiger partial charge in [-0.2, -0.15) is 5.26 Å². The Kier molecular flexibility index (Phi) is 5.19. The van der Waals surface area contributed by atoms with E-state index in [9.17, 15) is 14.9 Å². The molecule has 0 bridgehead atoms. The third kappa shape index (κ3) is 3.22. The summed E-state index contributed by atoms with van der Waals surface area (Å²) in [5, 5.41) is 9.79. The predicted molar refractivity (Wildman–Crippen MR) is 122 cm³/mol. The molecule has 2 aromatic rings. The van der Waals surface area contributed by atoms with Crippen LogP contribution < -0.4 is 4.90 Å². The van der Waals surface area contributed by atoms with E-state index in [4.69, 9.17) is 11.6 Å². The highest BCUT2D eigenvalue weighted by molar-refractivity contribution is 8.01. The summed E-state index contributed by atoms with van der Waals surface area (Å²) in [4.78, 5) is 30.0. The van der Waals surface area contributed by atoms with Crippen LogP contribution in [0.15, 0.2) is 42.5 Å². The molecular weight excluding hydrogens is 430 g/mol. The van der Waals surface area contributed by atoms with Crippen LogP contribution in [-0.2, 0) is 21.0 Å². The molecule has 7 heteroatoms. The quantitative estimate of drug-likeness (QED) is 0.679. The largest absolute Gasteiger partial charge is 0.315 e. The Bertz CT molecular complexity index is 1110. The van der Waals surface area contributed by atoms with E-state index in [0.29, 0.717) is 29.4 Å². The van der Waals surface area contributed by atoms with E-state index in [1.165, 1.54) is 11.8 Å². The first-order valence-electron chi connectivity index (χ1n) is 10.6. The van der Waals surface area contributed by atoms with Crippen LogP contribution in [0, 0.1) is 17.2 Å². The maximum Gasteiger partial charge on any atom is 0.268 e. The highest BCUT2D eigenvalue weighted by atomic mass is 35.5. The van der Waals surface area contributed by atoms with Gasteiger partial charge < -0.3 is 9.80 Å². The number of nitriles is 1. The number of hydrogen-bond acceptors (Lipinski definition) is 4. The molecule has 31 heavy (non-hydrogen) atoms. The highest BCUT2D eigenvalue weighted by Gasteiger charge is 2.60. The van der Waals surface area contributed by atoms with Crippen molar-refractivity contribution in [2.45, 2.75) is 37.1 Å². The van der Waals surface area contributed by atoms with Crippen LogP contribution in [0.4, 0.5) is 5.69 Å². The molecule has 2 heterocycles. The fraction of sp³-hybridized carbons (Fsp3) is 0.375. The zero-order chi connectivity index (χ0) is 21.6. The minimum atomic E-state index is -1.05. The van der Waals surface area contributed by atoms with E-state index in [2.05, 4.69) is 6.07 Å². The summed E-state index contributed by atoms with van der Waals surface area (Å²) in [6.07, 6.45) is 3.94. The lowest BCUT2D eigenvalue weighted by atomic mass is 10.0. The fourth-order valence-electron chi connectivity index (χ4n) is 5.08. The number of benzene rings is 2. The van der Waals surface area contributed by atoms with Crippen molar-refractivity contribution in [3.63, 3.8) is 0 Å². The molecule has 2 amide bonds. The Labute approximate surface area is 191 Å². The Hall–Kier alpha value is -2.49. The smallest absolute Gasteiger partial charge is 0.268 e. The predicted octanol–water partition coefficient (Wildman–Crippen LogP) is 4.68. The summed E-state index contributed by atoms with van der Waals surface area (Å²) < 4.78 is 0. The van der Waals surface area contributed by atoms with Gasteiger partial charge in [0.1, 0.15) is 0 Å². The molecule has 0 radical (unpaired) electrons. The van der Waals surface area contributed by atoms with Crippen molar-refractivity contribution in [2.75, 3.05) is 17.2 Å². The van der Waals surface area contributed by atoms with Gasteiger partial charge >= 0.3 is 0 Å². The van der Waals surface area contributed by atoms with Crippen LogP contribution in [0.1, 0.15) is 42.4 Å². The molecule has 3 aliphatic rings. The van der Waals surface area contributed by atoms with E-state index in [-0.39, 0.29) is 17.7 Å². The summed E-state index contributed by atoms with van der Waals surface area (Å²) in [5.41, 5.74) is 3.02. The second-order valence-electron chi connectivity index (χ2n) is 8.33. The summed E-state index contributed by atoms with van der Waals surface area (Å²) >= 11 is 7.89. The number of thioether (sulfide) groups is 1. The molecule has 1 spiro atoms. The van der Waals surface area contributed by atoms with Crippen LogP contribution in [0.5, 0.6) is 0 Å². The van der Waals surface area contributed by atoms with Gasteiger partial charge in [-0.15, -0.1) is 11.8 Å². The van der Waals surface area contributed by atoms with E-state index in [0.717, 1.165) is 42.5 Å². The van der Waals surface area contributed by atoms with Crippen molar-refractivity contribution in [3.8, 4) is 6.07 Å². The van der Waals surface area contributed by atoms with Crippen LogP contribution in [0.2, 0.25) is 5.02 Å². The van der Waals surface area contributed by atoms with Crippen molar-refractivity contribution < 1.29 is 9.59 Å². The van der Waals surface area contributed by atoms with Gasteiger partial charge in [-0.05, 0) is 48.7 Å². The van der Waals surface area contributed by atoms with Gasteiger partial charge in [0, 0.05) is 28.8 Å². The van der Waals surface area contributed by atoms with Crippen LogP contribution in [0.25, 0.3) is 0 Å². The minimum absolute atomic E-state index is 0.00682. The summed E-state index contributed by atoms with van der Waals surface area (Å²) in [7, 11) is 0. The summed E-state index contributed by atoms with van der Waals surface area (Å²) in [6.45, 7) is 0.909. The molecule has 1 saturated heterocycles. The van der Waals surface area contributed by atoms with Gasteiger partial charge in [-0.25, -0.2) is 0 Å². The molecule has 0 N–H and O–H groups in total. The first-order valence-corrected chi connectivity index (χ1v) is 12.0. The molecule has 0 aromatic heterocycles. The number of carbonyl (C=O) groups is 2. The lowest BCUT2D eigenvalue weighted by Gasteiger charge is -2.35. The first kappa shape index (κ1) is 20.4. The van der Waals surface area contributed by atoms with E-state index in [1.54, 1.807) is 23.1 Å². The lowest BCUT2D eigenvalue weighted by Crippen LogP contribution is -2.51. The van der Waals surface area contributed by atoms with Crippen molar-refractivity contribution in [3.05, 3.63) is 64.2 Å². The van der Waals surface area contributed by atoms with Crippen LogP contribution in [-0.4, -0.2) is 29.0 Å². The number of carbonyl (C=O) groups excluding carboxylic acids is 2. The summed E-state index contributed by atoms with van der Waals surface area (Å²) in [5.74, 6) is 0.719. The standard InChI is InChI=1S/C24H22ClN3O2S/c25-19-8-9-21-20(13-19)24(28(10-11-31-24)22(29)18-6-1-2-7-18)23(30)27(21)15-17-5-3-4-16(12-17)14-26/h3-5,8-9,12-13,18H,1-2,6-7,10-11,15H2/t24-/m1/s1. The molecule has 158 valence electrons. The van der Waals surface area contributed by atoms with Gasteiger partial charge in [0.15, 0.2) is 4.87 Å². The van der Waals surface area contributed by atoms with E-state index >= 15 is 0 Å². The SMILES string of the molecule is N#Cc1cccc(CN2C(=O)[C@]3(SCCN3C(=O)C3CCCC3)c3cc(Cl)ccc32)c1. The molecule has 1 saturated carbocycles. The number of nitrogens with zero attached hydrogens (tertiary/aromatic N) is 3. The molecule has 2 aromatic carbocycles. The first-order chi connectivity index (χ1) is 15.0. The number of amides is 2. The van der Waals surface area contributed by atoms with Gasteiger partial charge in [-0.3, -0.25) is 9.59 Å². The zero-order valence-corrected chi connectivity index (χ0v) is 18.6. The monoisotopic (exact) mass is 451 g/mol. The molecule has 2 fully saturated rings. The molecule has 2 aliphatic heterocycles. The average Bonchev–Trinajstić information content (AvgIpc) is 3.51. The number of rotatable bonds is 3. The maximum absolute atomic E-state index is 14.0. The third-order valence-electron chi connectivity index (χ3n) is 6.52. The molecular formula is C24H22ClN3O2S. The Balaban J connectivity index is 1.57. The number of halogens is 1. The summed E-state index contributed by atoms with van der Waals surface area (Å²) in [6, 6.07) is 14.9. The molecule has 1 atom stereocenters. The van der Waals surface area contributed by atoms with Gasteiger partial charge in [0.25, 0.3) is 5.91 Å². The van der Waals surface area contributed by atoms with Gasteiger partial charge in [0.2, 0.25) is 5.91 Å². The van der Waals surface area contributed by atoms with Gasteiger partial charge in [-0.1, -0.05) is 36.6 Å². The zero-order valence-electron chi connectivity index (χ0n) is 17.0. The van der Waals surface area contributed by atoms with Crippen LogP contribution >= 0.6 is 23.4 Å². The van der Waals surface area contributed by atoms with Crippen molar-refractivity contribution >= 4 is 40.9 Å². The minimum Gasteiger partial charge on any atom is -0.315 e. The van der Waals surface area contributed by atoms with Crippen molar-refractivity contribution in [1.82, 2.24) is 4.90 Å². The average molecular weight is 452 g/mol. The maximum atomic E-state index is 14.0. The topological polar surface area (TPSA) is 64.4 Å². The lowest BCUT2D eigenvalue weighted by molar-refractivity contribution is -0.143. The number of hydrogen-bond donors (Lipinski definition) is 0. The molecule has 0 unspecified atom stereocenters. The van der Waals surface area contributed by atoms with E-state index < -0.39 is 4.87 Å². The normalized spacial score (nSPS) is 22.9. The van der Waals surface area contributed by atoms with E-state index in [1.807, 2.05) is 29.2 Å². The fourth-order valence-corrected chi connectivity index (χ4v) is 6.71. The Morgan fingerprint density at radius 2 is 2.03 bits per heavy atom. The molecule has 1 aliphatic carbocycles. The van der Waals surface area contributed by atoms with Crippen molar-refractivity contribution in [2.24, 2.45) is 5.92 Å². The highest BCUT2D eigenvalue weighted by Crippen LogP contribution is 2.55. The molecule has 5 rings (SSSR count). The number of anilines is 1. The Morgan fingerprint density at radius 1 is 1.23 bits per heavy atom. The Morgan fingerprint density at radius 3 is 2.81 bits per heavy atom. The van der Waals surface area contributed by atoms with Crippen LogP contribution in [0.3, 0.4) is 0 Å². The van der Waals surface area contributed by atoms with Crippen molar-refractivity contribution in [1.29, 1.82) is 5.26 Å². The van der Waals surface area contributed by atoms with Gasteiger partial charge in [0.05, 0.1) is 23.9 Å². The second-order valence-corrected chi connectivity index (χ2v) is 10.1. The second kappa shape index (κ2) is 7.89. The molecule has 5 nitrogen and oxygen atoms in total. The number of fused-ring (bicyclic) bond motifs is 2. The third-order valence-corrected chi connectivity index (χ3v) is 8.18.